The van der Waals surface area contributed by atoms with Gasteiger partial charge in [0.15, 0.2) is 0 Å². The quantitative estimate of drug-likeness (QED) is 0.813. The third-order valence-corrected chi connectivity index (χ3v) is 2.86. The molecule has 0 aromatic carbocycles. The van der Waals surface area contributed by atoms with Gasteiger partial charge in [0.2, 0.25) is 0 Å². The summed E-state index contributed by atoms with van der Waals surface area (Å²) in [5.74, 6) is -0.275. The van der Waals surface area contributed by atoms with Crippen LogP contribution in [0.1, 0.15) is 36.8 Å². The van der Waals surface area contributed by atoms with Crippen LogP contribution in [0.4, 0.5) is 0 Å². The number of amides is 1. The van der Waals surface area contributed by atoms with Crippen molar-refractivity contribution in [1.82, 2.24) is 10.3 Å². The largest absolute Gasteiger partial charge is 0.391 e. The maximum Gasteiger partial charge on any atom is 0.251 e. The number of nitrogens with one attached hydrogen (secondary N) is 1. The Bertz CT molecular complexity index is 410. The fourth-order valence-corrected chi connectivity index (χ4v) is 1.48. The molecule has 2 N–H and O–H groups in total. The minimum Gasteiger partial charge on any atom is -0.391 e. The Hall–Kier alpha value is -1.13. The molecule has 1 aromatic heterocycles. The average Bonchev–Trinajstić information content (AvgIpc) is 2.15. The second-order valence-corrected chi connectivity index (χ2v) is 5.06. The maximum atomic E-state index is 12.0. The van der Waals surface area contributed by atoms with Crippen molar-refractivity contribution >= 4 is 17.5 Å². The van der Waals surface area contributed by atoms with E-state index in [9.17, 15) is 9.90 Å². The fraction of sp³-hybridized carbons (Fsp3) is 0.500. The molecule has 1 unspecified atom stereocenters. The molecule has 17 heavy (non-hydrogen) atoms. The van der Waals surface area contributed by atoms with Gasteiger partial charge in [0.05, 0.1) is 11.6 Å². The normalized spacial score (nSPS) is 13.3. The molecule has 4 nitrogen and oxygen atoms in total. The predicted molar refractivity (Wildman–Crippen MR) is 67.2 cm³/mol. The summed E-state index contributed by atoms with van der Waals surface area (Å²) in [6.45, 7) is 6.91. The number of halogens is 1. The summed E-state index contributed by atoms with van der Waals surface area (Å²) < 4.78 is 0. The molecule has 1 atom stereocenters. The SMILES string of the molecule is Cc1cc(C(=O)NC(C)(C)C(C)O)cc(Cl)n1. The summed E-state index contributed by atoms with van der Waals surface area (Å²) in [5, 5.41) is 12.6. The van der Waals surface area contributed by atoms with E-state index in [0.717, 1.165) is 0 Å². The summed E-state index contributed by atoms with van der Waals surface area (Å²) >= 11 is 5.79. The lowest BCUT2D eigenvalue weighted by atomic mass is 9.98. The molecule has 0 aliphatic rings. The molecule has 0 spiro atoms. The monoisotopic (exact) mass is 256 g/mol. The number of rotatable bonds is 3. The first-order valence-electron chi connectivity index (χ1n) is 5.37. The highest BCUT2D eigenvalue weighted by molar-refractivity contribution is 6.29. The Morgan fingerprint density at radius 3 is 2.59 bits per heavy atom. The molecule has 5 heteroatoms. The summed E-state index contributed by atoms with van der Waals surface area (Å²) in [7, 11) is 0. The Labute approximate surface area is 106 Å². The Morgan fingerprint density at radius 2 is 2.12 bits per heavy atom. The lowest BCUT2D eigenvalue weighted by Crippen LogP contribution is -2.51. The van der Waals surface area contributed by atoms with Gasteiger partial charge in [-0.15, -0.1) is 0 Å². The first kappa shape index (κ1) is 13.9. The number of nitrogens with zero attached hydrogens (tertiary/aromatic N) is 1. The van der Waals surface area contributed by atoms with Crippen LogP contribution in [-0.2, 0) is 0 Å². The third kappa shape index (κ3) is 3.68. The number of pyridine rings is 1. The van der Waals surface area contributed by atoms with Gasteiger partial charge < -0.3 is 10.4 Å². The zero-order valence-corrected chi connectivity index (χ0v) is 11.2. The summed E-state index contributed by atoms with van der Waals surface area (Å²) in [5.41, 5.74) is 0.425. The van der Waals surface area contributed by atoms with Crippen LogP contribution >= 0.6 is 11.6 Å². The van der Waals surface area contributed by atoms with E-state index in [2.05, 4.69) is 10.3 Å². The van der Waals surface area contributed by atoms with Crippen molar-refractivity contribution in [1.29, 1.82) is 0 Å². The number of carbonyl (C=O) groups excluding carboxylic acids is 1. The molecule has 0 radical (unpaired) electrons. The zero-order valence-electron chi connectivity index (χ0n) is 10.4. The van der Waals surface area contributed by atoms with Crippen LogP contribution in [0.25, 0.3) is 0 Å². The van der Waals surface area contributed by atoms with Gasteiger partial charge in [0.1, 0.15) is 5.15 Å². The first-order valence-corrected chi connectivity index (χ1v) is 5.75. The van der Waals surface area contributed by atoms with Gasteiger partial charge in [0.25, 0.3) is 5.91 Å². The second-order valence-electron chi connectivity index (χ2n) is 4.67. The standard InChI is InChI=1S/C12H17ClN2O2/c1-7-5-9(6-10(13)14-7)11(17)15-12(3,4)8(2)16/h5-6,8,16H,1-4H3,(H,15,17). The van der Waals surface area contributed by atoms with E-state index in [1.54, 1.807) is 33.8 Å². The van der Waals surface area contributed by atoms with Gasteiger partial charge in [-0.05, 0) is 39.8 Å². The van der Waals surface area contributed by atoms with Gasteiger partial charge in [-0.25, -0.2) is 4.98 Å². The highest BCUT2D eigenvalue weighted by atomic mass is 35.5. The molecule has 0 saturated heterocycles. The van der Waals surface area contributed by atoms with E-state index >= 15 is 0 Å². The first-order chi connectivity index (χ1) is 7.72. The highest BCUT2D eigenvalue weighted by Crippen LogP contribution is 2.13. The number of aliphatic hydroxyl groups excluding tert-OH is 1. The Morgan fingerprint density at radius 1 is 1.53 bits per heavy atom. The van der Waals surface area contributed by atoms with Crippen molar-refractivity contribution in [2.75, 3.05) is 0 Å². The summed E-state index contributed by atoms with van der Waals surface area (Å²) in [4.78, 5) is 15.9. The number of aromatic nitrogens is 1. The average molecular weight is 257 g/mol. The van der Waals surface area contributed by atoms with Crippen molar-refractivity contribution in [3.05, 3.63) is 28.5 Å². The molecule has 1 heterocycles. The smallest absolute Gasteiger partial charge is 0.251 e. The van der Waals surface area contributed by atoms with E-state index in [-0.39, 0.29) is 11.1 Å². The molecule has 0 fully saturated rings. The molecule has 0 saturated carbocycles. The molecule has 1 rings (SSSR count). The van der Waals surface area contributed by atoms with Crippen LogP contribution in [0.5, 0.6) is 0 Å². The van der Waals surface area contributed by atoms with Crippen LogP contribution < -0.4 is 5.32 Å². The molecule has 0 aliphatic heterocycles. The summed E-state index contributed by atoms with van der Waals surface area (Å²) in [6.07, 6.45) is -0.648. The lowest BCUT2D eigenvalue weighted by molar-refractivity contribution is 0.0709. The molecule has 1 amide bonds. The van der Waals surface area contributed by atoms with E-state index < -0.39 is 11.6 Å². The van der Waals surface area contributed by atoms with E-state index in [1.807, 2.05) is 0 Å². The van der Waals surface area contributed by atoms with Gasteiger partial charge in [-0.2, -0.15) is 0 Å². The minimum atomic E-state index is -0.694. The number of hydrogen-bond acceptors (Lipinski definition) is 3. The van der Waals surface area contributed by atoms with Gasteiger partial charge in [-0.3, -0.25) is 4.79 Å². The molecule has 0 aliphatic carbocycles. The van der Waals surface area contributed by atoms with Crippen LogP contribution in [0.2, 0.25) is 5.15 Å². The molecular formula is C12H17ClN2O2. The van der Waals surface area contributed by atoms with Crippen molar-refractivity contribution in [3.63, 3.8) is 0 Å². The van der Waals surface area contributed by atoms with Gasteiger partial charge in [0, 0.05) is 11.3 Å². The topological polar surface area (TPSA) is 62.2 Å². The number of aliphatic hydroxyl groups is 1. The number of hydrogen-bond donors (Lipinski definition) is 2. The zero-order chi connectivity index (χ0) is 13.2. The maximum absolute atomic E-state index is 12.0. The van der Waals surface area contributed by atoms with E-state index in [0.29, 0.717) is 11.3 Å². The van der Waals surface area contributed by atoms with Crippen molar-refractivity contribution < 1.29 is 9.90 Å². The number of carbonyl (C=O) groups is 1. The molecule has 0 bridgehead atoms. The van der Waals surface area contributed by atoms with Crippen LogP contribution in [0.15, 0.2) is 12.1 Å². The molecular weight excluding hydrogens is 240 g/mol. The summed E-state index contributed by atoms with van der Waals surface area (Å²) in [6, 6.07) is 3.15. The highest BCUT2D eigenvalue weighted by Gasteiger charge is 2.26. The van der Waals surface area contributed by atoms with Crippen LogP contribution in [0, 0.1) is 6.92 Å². The fourth-order valence-electron chi connectivity index (χ4n) is 1.23. The van der Waals surface area contributed by atoms with Gasteiger partial charge in [-0.1, -0.05) is 11.6 Å². The van der Waals surface area contributed by atoms with Crippen molar-refractivity contribution in [2.45, 2.75) is 39.3 Å². The minimum absolute atomic E-state index is 0.275. The van der Waals surface area contributed by atoms with Crippen molar-refractivity contribution in [3.8, 4) is 0 Å². The van der Waals surface area contributed by atoms with Crippen LogP contribution in [-0.4, -0.2) is 27.6 Å². The lowest BCUT2D eigenvalue weighted by Gasteiger charge is -2.29. The van der Waals surface area contributed by atoms with E-state index in [4.69, 9.17) is 11.6 Å². The molecule has 94 valence electrons. The van der Waals surface area contributed by atoms with E-state index in [1.165, 1.54) is 6.07 Å². The second kappa shape index (κ2) is 5.02. The number of aryl methyl sites for hydroxylation is 1. The van der Waals surface area contributed by atoms with Gasteiger partial charge >= 0.3 is 0 Å². The van der Waals surface area contributed by atoms with Crippen LogP contribution in [0.3, 0.4) is 0 Å². The predicted octanol–water partition coefficient (Wildman–Crippen LogP) is 1.93. The third-order valence-electron chi connectivity index (χ3n) is 2.66. The molecule has 1 aromatic rings. The van der Waals surface area contributed by atoms with Crippen molar-refractivity contribution in [2.24, 2.45) is 0 Å². The Balaban J connectivity index is 2.91. The Kier molecular flexibility index (Phi) is 4.11.